The first-order valence-electron chi connectivity index (χ1n) is 6.27. The summed E-state index contributed by atoms with van der Waals surface area (Å²) in [5.74, 6) is 0. The fourth-order valence-electron chi connectivity index (χ4n) is 2.21. The summed E-state index contributed by atoms with van der Waals surface area (Å²) in [4.78, 5) is 0. The van der Waals surface area contributed by atoms with Gasteiger partial charge in [-0.05, 0) is 61.3 Å². The van der Waals surface area contributed by atoms with Gasteiger partial charge < -0.3 is 5.32 Å². The van der Waals surface area contributed by atoms with Crippen molar-refractivity contribution in [3.8, 4) is 0 Å². The molecule has 1 N–H and O–H groups in total. The molecular formula is C16H17Br2N. The van der Waals surface area contributed by atoms with E-state index in [1.54, 1.807) is 0 Å². The van der Waals surface area contributed by atoms with Gasteiger partial charge in [0.2, 0.25) is 0 Å². The minimum Gasteiger partial charge on any atom is -0.313 e. The van der Waals surface area contributed by atoms with Crippen molar-refractivity contribution in [2.45, 2.75) is 19.4 Å². The van der Waals surface area contributed by atoms with Gasteiger partial charge in [0.25, 0.3) is 0 Å². The Morgan fingerprint density at radius 1 is 1.00 bits per heavy atom. The van der Waals surface area contributed by atoms with Crippen molar-refractivity contribution < 1.29 is 0 Å². The van der Waals surface area contributed by atoms with Crippen LogP contribution in [0.5, 0.6) is 0 Å². The Morgan fingerprint density at radius 3 is 2.26 bits per heavy atom. The maximum atomic E-state index is 3.57. The van der Waals surface area contributed by atoms with Crippen LogP contribution in [0.2, 0.25) is 0 Å². The highest BCUT2D eigenvalue weighted by atomic mass is 79.9. The topological polar surface area (TPSA) is 12.0 Å². The molecule has 0 heterocycles. The molecule has 0 aromatic heterocycles. The van der Waals surface area contributed by atoms with Gasteiger partial charge in [0, 0.05) is 15.0 Å². The standard InChI is InChI=1S/C16H17Br2N/c1-11-7-13(10-15(18)8-11)16(19-2)9-12-3-5-14(17)6-4-12/h3-8,10,16,19H,9H2,1-2H3. The van der Waals surface area contributed by atoms with Crippen molar-refractivity contribution in [3.63, 3.8) is 0 Å². The maximum Gasteiger partial charge on any atom is 0.0358 e. The average molecular weight is 383 g/mol. The first-order valence-corrected chi connectivity index (χ1v) is 7.86. The molecule has 0 aliphatic rings. The maximum absolute atomic E-state index is 3.57. The summed E-state index contributed by atoms with van der Waals surface area (Å²) in [6.07, 6.45) is 0.986. The Labute approximate surface area is 131 Å². The van der Waals surface area contributed by atoms with Gasteiger partial charge in [-0.25, -0.2) is 0 Å². The molecular weight excluding hydrogens is 366 g/mol. The molecule has 0 aliphatic heterocycles. The molecule has 0 saturated carbocycles. The Bertz CT molecular complexity index is 529. The van der Waals surface area contributed by atoms with Crippen molar-refractivity contribution in [1.82, 2.24) is 5.32 Å². The highest BCUT2D eigenvalue weighted by molar-refractivity contribution is 9.10. The molecule has 0 saturated heterocycles. The molecule has 0 radical (unpaired) electrons. The van der Waals surface area contributed by atoms with E-state index in [2.05, 4.69) is 86.6 Å². The lowest BCUT2D eigenvalue weighted by molar-refractivity contribution is 0.591. The fourth-order valence-corrected chi connectivity index (χ4v) is 3.10. The molecule has 0 spiro atoms. The number of hydrogen-bond acceptors (Lipinski definition) is 1. The van der Waals surface area contributed by atoms with Crippen LogP contribution in [0.15, 0.2) is 51.4 Å². The quantitative estimate of drug-likeness (QED) is 0.782. The first-order chi connectivity index (χ1) is 9.08. The van der Waals surface area contributed by atoms with Crippen molar-refractivity contribution in [2.24, 2.45) is 0 Å². The molecule has 2 rings (SSSR count). The SMILES string of the molecule is CNC(Cc1ccc(Br)cc1)c1cc(C)cc(Br)c1. The molecule has 1 unspecified atom stereocenters. The molecule has 1 nitrogen and oxygen atoms in total. The highest BCUT2D eigenvalue weighted by Gasteiger charge is 2.11. The van der Waals surface area contributed by atoms with Crippen LogP contribution < -0.4 is 5.32 Å². The summed E-state index contributed by atoms with van der Waals surface area (Å²) in [5.41, 5.74) is 3.93. The van der Waals surface area contributed by atoms with E-state index >= 15 is 0 Å². The van der Waals surface area contributed by atoms with Crippen LogP contribution in [0.3, 0.4) is 0 Å². The van der Waals surface area contributed by atoms with E-state index < -0.39 is 0 Å². The summed E-state index contributed by atoms with van der Waals surface area (Å²) in [7, 11) is 2.01. The van der Waals surface area contributed by atoms with E-state index in [1.165, 1.54) is 16.7 Å². The predicted molar refractivity (Wildman–Crippen MR) is 88.5 cm³/mol. The van der Waals surface area contributed by atoms with Crippen molar-refractivity contribution in [3.05, 3.63) is 68.1 Å². The van der Waals surface area contributed by atoms with E-state index in [4.69, 9.17) is 0 Å². The summed E-state index contributed by atoms with van der Waals surface area (Å²) in [6.45, 7) is 2.13. The van der Waals surface area contributed by atoms with Crippen LogP contribution in [-0.4, -0.2) is 7.05 Å². The van der Waals surface area contributed by atoms with E-state index in [0.29, 0.717) is 6.04 Å². The van der Waals surface area contributed by atoms with Gasteiger partial charge in [-0.15, -0.1) is 0 Å². The molecule has 0 amide bonds. The van der Waals surface area contributed by atoms with Gasteiger partial charge >= 0.3 is 0 Å². The average Bonchev–Trinajstić information content (AvgIpc) is 2.37. The van der Waals surface area contributed by atoms with Crippen LogP contribution in [0.25, 0.3) is 0 Å². The van der Waals surface area contributed by atoms with Crippen LogP contribution in [0.4, 0.5) is 0 Å². The van der Waals surface area contributed by atoms with E-state index in [1.807, 2.05) is 7.05 Å². The number of rotatable bonds is 4. The summed E-state index contributed by atoms with van der Waals surface area (Å²) < 4.78 is 2.26. The number of halogens is 2. The summed E-state index contributed by atoms with van der Waals surface area (Å²) in [6, 6.07) is 15.4. The Kier molecular flexibility index (Phi) is 5.20. The third-order valence-corrected chi connectivity index (χ3v) is 4.15. The third-order valence-electron chi connectivity index (χ3n) is 3.17. The third kappa shape index (κ3) is 4.16. The molecule has 0 fully saturated rings. The minimum atomic E-state index is 0.331. The zero-order valence-electron chi connectivity index (χ0n) is 11.1. The number of likely N-dealkylation sites (N-methyl/N-ethyl adjacent to an activating group) is 1. The first kappa shape index (κ1) is 14.8. The van der Waals surface area contributed by atoms with Gasteiger partial charge in [-0.1, -0.05) is 50.1 Å². The Hall–Kier alpha value is -0.640. The zero-order chi connectivity index (χ0) is 13.8. The monoisotopic (exact) mass is 381 g/mol. The lowest BCUT2D eigenvalue weighted by Crippen LogP contribution is -2.19. The van der Waals surface area contributed by atoms with Gasteiger partial charge in [0.1, 0.15) is 0 Å². The normalized spacial score (nSPS) is 12.4. The van der Waals surface area contributed by atoms with Gasteiger partial charge in [0.05, 0.1) is 0 Å². The smallest absolute Gasteiger partial charge is 0.0358 e. The number of nitrogens with one attached hydrogen (secondary N) is 1. The van der Waals surface area contributed by atoms with Gasteiger partial charge in [-0.3, -0.25) is 0 Å². The van der Waals surface area contributed by atoms with E-state index in [9.17, 15) is 0 Å². The molecule has 100 valence electrons. The van der Waals surface area contributed by atoms with Gasteiger partial charge in [0.15, 0.2) is 0 Å². The molecule has 0 bridgehead atoms. The summed E-state index contributed by atoms with van der Waals surface area (Å²) >= 11 is 7.04. The van der Waals surface area contributed by atoms with Crippen LogP contribution in [0, 0.1) is 6.92 Å². The number of benzene rings is 2. The van der Waals surface area contributed by atoms with E-state index in [0.717, 1.165) is 15.4 Å². The Morgan fingerprint density at radius 2 is 1.68 bits per heavy atom. The molecule has 3 heteroatoms. The minimum absolute atomic E-state index is 0.331. The fraction of sp³-hybridized carbons (Fsp3) is 0.250. The highest BCUT2D eigenvalue weighted by Crippen LogP contribution is 2.24. The summed E-state index contributed by atoms with van der Waals surface area (Å²) in [5, 5.41) is 3.40. The second-order valence-corrected chi connectivity index (χ2v) is 6.57. The molecule has 2 aromatic carbocycles. The van der Waals surface area contributed by atoms with Gasteiger partial charge in [-0.2, -0.15) is 0 Å². The van der Waals surface area contributed by atoms with Crippen molar-refractivity contribution >= 4 is 31.9 Å². The van der Waals surface area contributed by atoms with Crippen LogP contribution in [0.1, 0.15) is 22.7 Å². The molecule has 2 aromatic rings. The van der Waals surface area contributed by atoms with Crippen LogP contribution >= 0.6 is 31.9 Å². The zero-order valence-corrected chi connectivity index (χ0v) is 14.3. The van der Waals surface area contributed by atoms with E-state index in [-0.39, 0.29) is 0 Å². The predicted octanol–water partition coefficient (Wildman–Crippen LogP) is 5.02. The molecule has 0 aliphatic carbocycles. The molecule has 1 atom stereocenters. The van der Waals surface area contributed by atoms with Crippen LogP contribution in [-0.2, 0) is 6.42 Å². The Balaban J connectivity index is 2.22. The van der Waals surface area contributed by atoms with Crippen molar-refractivity contribution in [1.29, 1.82) is 0 Å². The second-order valence-electron chi connectivity index (χ2n) is 4.73. The van der Waals surface area contributed by atoms with Crippen molar-refractivity contribution in [2.75, 3.05) is 7.05 Å². The second kappa shape index (κ2) is 6.69. The largest absolute Gasteiger partial charge is 0.313 e. The number of hydrogen-bond donors (Lipinski definition) is 1. The molecule has 19 heavy (non-hydrogen) atoms. The number of aryl methyl sites for hydroxylation is 1. The lowest BCUT2D eigenvalue weighted by Gasteiger charge is -2.18. The lowest BCUT2D eigenvalue weighted by atomic mass is 9.98.